The van der Waals surface area contributed by atoms with Crippen LogP contribution in [0.1, 0.15) is 0 Å². The van der Waals surface area contributed by atoms with Gasteiger partial charge in [-0.25, -0.2) is 0 Å². The number of ether oxygens (including phenoxy) is 1. The minimum atomic E-state index is 0.827. The van der Waals surface area contributed by atoms with Crippen molar-refractivity contribution in [2.24, 2.45) is 0 Å². The third kappa shape index (κ3) is 1.67. The lowest BCUT2D eigenvalue weighted by Gasteiger charge is -2.00. The van der Waals surface area contributed by atoms with Gasteiger partial charge in [0, 0.05) is 5.56 Å². The largest absolute Gasteiger partial charge is 0.497 e. The van der Waals surface area contributed by atoms with Gasteiger partial charge in [0.1, 0.15) is 10.8 Å². The molecule has 0 N–H and O–H groups in total. The molecule has 0 atom stereocenters. The molecule has 65 valence electrons. The van der Waals surface area contributed by atoms with Gasteiger partial charge in [0.05, 0.1) is 7.11 Å². The summed E-state index contributed by atoms with van der Waals surface area (Å²) in [6.45, 7) is 0. The highest BCUT2D eigenvalue weighted by molar-refractivity contribution is 7.12. The predicted octanol–water partition coefficient (Wildman–Crippen LogP) is 2.01. The highest BCUT2D eigenvalue weighted by Gasteiger charge is 2.01. The van der Waals surface area contributed by atoms with Crippen molar-refractivity contribution in [3.8, 4) is 16.3 Å². The quantitative estimate of drug-likeness (QED) is 0.728. The first-order valence-electron chi connectivity index (χ1n) is 3.74. The standard InChI is InChI=1S/C9H7N2OS/c1-12-8-4-2-3-7(5-8)9-11-10-6-13-9/h2-5H,1H3. The van der Waals surface area contributed by atoms with Crippen LogP contribution in [0.2, 0.25) is 0 Å². The maximum Gasteiger partial charge on any atom is 0.178 e. The molecule has 0 unspecified atom stereocenters. The van der Waals surface area contributed by atoms with E-state index in [1.807, 2.05) is 24.3 Å². The topological polar surface area (TPSA) is 35.0 Å². The fourth-order valence-electron chi connectivity index (χ4n) is 1.02. The van der Waals surface area contributed by atoms with Crippen LogP contribution in [-0.4, -0.2) is 17.3 Å². The van der Waals surface area contributed by atoms with Crippen molar-refractivity contribution < 1.29 is 4.74 Å². The number of aromatic nitrogens is 2. The molecule has 0 saturated carbocycles. The molecule has 0 aliphatic carbocycles. The van der Waals surface area contributed by atoms with Gasteiger partial charge in [0.15, 0.2) is 5.51 Å². The first-order valence-corrected chi connectivity index (χ1v) is 4.56. The SMILES string of the molecule is COc1cccc(-c2nn[c]s2)c1. The molecule has 2 aromatic rings. The third-order valence-corrected chi connectivity index (χ3v) is 2.32. The average molecular weight is 191 g/mol. The molecule has 1 aromatic heterocycles. The Morgan fingerprint density at radius 1 is 1.46 bits per heavy atom. The maximum atomic E-state index is 5.10. The summed E-state index contributed by atoms with van der Waals surface area (Å²) in [6.07, 6.45) is 0. The second-order valence-corrected chi connectivity index (χ2v) is 3.20. The van der Waals surface area contributed by atoms with Gasteiger partial charge in [-0.2, -0.15) is 0 Å². The van der Waals surface area contributed by atoms with Crippen LogP contribution >= 0.6 is 11.3 Å². The molecule has 3 nitrogen and oxygen atoms in total. The van der Waals surface area contributed by atoms with Crippen LogP contribution in [0.3, 0.4) is 0 Å². The van der Waals surface area contributed by atoms with E-state index >= 15 is 0 Å². The van der Waals surface area contributed by atoms with E-state index in [0.717, 1.165) is 16.3 Å². The summed E-state index contributed by atoms with van der Waals surface area (Å²) in [4.78, 5) is 0. The van der Waals surface area contributed by atoms with Gasteiger partial charge in [-0.15, -0.1) is 10.2 Å². The number of rotatable bonds is 2. The first kappa shape index (κ1) is 8.19. The molecule has 1 aromatic carbocycles. The molecular weight excluding hydrogens is 184 g/mol. The molecule has 0 saturated heterocycles. The van der Waals surface area contributed by atoms with Crippen LogP contribution in [0, 0.1) is 5.51 Å². The van der Waals surface area contributed by atoms with E-state index in [9.17, 15) is 0 Å². The molecule has 0 spiro atoms. The predicted molar refractivity (Wildman–Crippen MR) is 50.7 cm³/mol. The maximum absolute atomic E-state index is 5.10. The monoisotopic (exact) mass is 191 g/mol. The Morgan fingerprint density at radius 3 is 3.08 bits per heavy atom. The molecule has 1 radical (unpaired) electrons. The molecule has 0 bridgehead atoms. The van der Waals surface area contributed by atoms with Gasteiger partial charge < -0.3 is 4.74 Å². The molecular formula is C9H7N2OS. The van der Waals surface area contributed by atoms with E-state index in [-0.39, 0.29) is 0 Å². The van der Waals surface area contributed by atoms with Crippen molar-refractivity contribution in [3.63, 3.8) is 0 Å². The van der Waals surface area contributed by atoms with E-state index < -0.39 is 0 Å². The molecule has 2 rings (SSSR count). The molecule has 0 amide bonds. The number of methoxy groups -OCH3 is 1. The lowest BCUT2D eigenvalue weighted by atomic mass is 10.2. The molecule has 0 aliphatic heterocycles. The van der Waals surface area contributed by atoms with Crippen LogP contribution in [0.4, 0.5) is 0 Å². The van der Waals surface area contributed by atoms with Gasteiger partial charge >= 0.3 is 0 Å². The summed E-state index contributed by atoms with van der Waals surface area (Å²) < 4.78 is 5.10. The lowest BCUT2D eigenvalue weighted by molar-refractivity contribution is 0.415. The Labute approximate surface area is 80.0 Å². The van der Waals surface area contributed by atoms with Gasteiger partial charge in [-0.1, -0.05) is 23.5 Å². The summed E-state index contributed by atoms with van der Waals surface area (Å²) >= 11 is 1.39. The normalized spacial score (nSPS) is 9.92. The zero-order valence-electron chi connectivity index (χ0n) is 7.02. The van der Waals surface area contributed by atoms with Gasteiger partial charge in [-0.3, -0.25) is 0 Å². The van der Waals surface area contributed by atoms with Crippen LogP contribution in [-0.2, 0) is 0 Å². The lowest BCUT2D eigenvalue weighted by Crippen LogP contribution is -1.83. The van der Waals surface area contributed by atoms with Crippen molar-refractivity contribution in [2.75, 3.05) is 7.11 Å². The van der Waals surface area contributed by atoms with Gasteiger partial charge in [0.25, 0.3) is 0 Å². The van der Waals surface area contributed by atoms with Crippen molar-refractivity contribution in [1.29, 1.82) is 0 Å². The highest BCUT2D eigenvalue weighted by Crippen LogP contribution is 2.23. The zero-order valence-corrected chi connectivity index (χ0v) is 7.84. The van der Waals surface area contributed by atoms with Crippen molar-refractivity contribution in [1.82, 2.24) is 10.2 Å². The average Bonchev–Trinajstić information content (AvgIpc) is 2.71. The molecule has 4 heteroatoms. The Morgan fingerprint density at radius 2 is 2.38 bits per heavy atom. The van der Waals surface area contributed by atoms with Crippen molar-refractivity contribution in [2.45, 2.75) is 0 Å². The van der Waals surface area contributed by atoms with Gasteiger partial charge in [-0.05, 0) is 12.1 Å². The van der Waals surface area contributed by atoms with Gasteiger partial charge in [0.2, 0.25) is 0 Å². The minimum absolute atomic E-state index is 0.827. The fraction of sp³-hybridized carbons (Fsp3) is 0.111. The molecule has 0 fully saturated rings. The van der Waals surface area contributed by atoms with Crippen LogP contribution in [0.25, 0.3) is 10.6 Å². The molecule has 13 heavy (non-hydrogen) atoms. The second-order valence-electron chi connectivity index (χ2n) is 2.43. The molecule has 1 heterocycles. The van der Waals surface area contributed by atoms with Crippen LogP contribution in [0.15, 0.2) is 24.3 Å². The van der Waals surface area contributed by atoms with Crippen molar-refractivity contribution >= 4 is 11.3 Å². The van der Waals surface area contributed by atoms with E-state index in [4.69, 9.17) is 4.74 Å². The fourth-order valence-corrected chi connectivity index (χ4v) is 1.52. The number of hydrogen-bond acceptors (Lipinski definition) is 4. The number of nitrogens with zero attached hydrogens (tertiary/aromatic N) is 2. The number of benzene rings is 1. The zero-order chi connectivity index (χ0) is 9.10. The summed E-state index contributed by atoms with van der Waals surface area (Å²) in [7, 11) is 1.64. The minimum Gasteiger partial charge on any atom is -0.497 e. The van der Waals surface area contributed by atoms with E-state index in [2.05, 4.69) is 15.7 Å². The summed E-state index contributed by atoms with van der Waals surface area (Å²) in [5.41, 5.74) is 3.72. The Hall–Kier alpha value is -1.42. The highest BCUT2D eigenvalue weighted by atomic mass is 32.1. The second kappa shape index (κ2) is 3.53. The first-order chi connectivity index (χ1) is 6.40. The molecule has 0 aliphatic rings. The summed E-state index contributed by atoms with van der Waals surface area (Å²) in [5, 5.41) is 8.44. The Bertz CT molecular complexity index is 386. The van der Waals surface area contributed by atoms with Crippen molar-refractivity contribution in [3.05, 3.63) is 29.8 Å². The van der Waals surface area contributed by atoms with Crippen LogP contribution in [0.5, 0.6) is 5.75 Å². The third-order valence-electron chi connectivity index (χ3n) is 1.64. The van der Waals surface area contributed by atoms with E-state index in [0.29, 0.717) is 0 Å². The summed E-state index contributed by atoms with van der Waals surface area (Å²) in [6, 6.07) is 7.72. The summed E-state index contributed by atoms with van der Waals surface area (Å²) in [5.74, 6) is 0.827. The Kier molecular flexibility index (Phi) is 2.23. The number of hydrogen-bond donors (Lipinski definition) is 0. The van der Waals surface area contributed by atoms with E-state index in [1.165, 1.54) is 11.3 Å². The Balaban J connectivity index is 2.41. The van der Waals surface area contributed by atoms with E-state index in [1.54, 1.807) is 7.11 Å². The smallest absolute Gasteiger partial charge is 0.178 e. The van der Waals surface area contributed by atoms with Crippen LogP contribution < -0.4 is 4.74 Å².